The molecule has 0 bridgehead atoms. The number of hydrogen-bond acceptors (Lipinski definition) is 3. The summed E-state index contributed by atoms with van der Waals surface area (Å²) in [4.78, 5) is 15.9. The quantitative estimate of drug-likeness (QED) is 0.149. The first kappa shape index (κ1) is 44.0. The molecule has 0 aromatic heterocycles. The Morgan fingerprint density at radius 2 is 1.59 bits per heavy atom. The van der Waals surface area contributed by atoms with E-state index in [4.69, 9.17) is 4.74 Å². The number of aryl methyl sites for hydroxylation is 1. The maximum Gasteiger partial charge on any atom is 2.00 e. The van der Waals surface area contributed by atoms with Crippen LogP contribution in [-0.4, -0.2) is 54.1 Å². The Balaban J connectivity index is -0.000000852. The van der Waals surface area contributed by atoms with Crippen LogP contribution in [-0.2, 0) is 4.74 Å². The zero-order valence-electron chi connectivity index (χ0n) is 26.6. The minimum absolute atomic E-state index is 0. The van der Waals surface area contributed by atoms with Crippen LogP contribution in [0, 0.1) is 56.4 Å². The van der Waals surface area contributed by atoms with Crippen LogP contribution < -0.4 is 0 Å². The summed E-state index contributed by atoms with van der Waals surface area (Å²) >= 11 is 0. The number of benzene rings is 1. The molecule has 41 heavy (non-hydrogen) atoms. The van der Waals surface area contributed by atoms with E-state index in [1.54, 1.807) is 4.90 Å². The van der Waals surface area contributed by atoms with Crippen molar-refractivity contribution in [2.75, 3.05) is 26.2 Å². The van der Waals surface area contributed by atoms with Crippen LogP contribution in [0.2, 0.25) is 0 Å². The fraction of sp³-hybridized carbons (Fsp3) is 0.625. The van der Waals surface area contributed by atoms with Gasteiger partial charge in [0.05, 0.1) is 0 Å². The molecule has 1 aromatic carbocycles. The Morgan fingerprint density at radius 3 is 1.95 bits per heavy atom. The molecule has 9 heteroatoms. The van der Waals surface area contributed by atoms with E-state index in [0.29, 0.717) is 26.2 Å². The summed E-state index contributed by atoms with van der Waals surface area (Å²) in [5.41, 5.74) is 2.29. The molecule has 1 amide bonds. The molecule has 1 atom stereocenters. The third kappa shape index (κ3) is 24.8. The topological polar surface area (TPSA) is 32.8 Å². The molecule has 0 N–H and O–H groups in total. The Morgan fingerprint density at radius 1 is 1.12 bits per heavy atom. The molecule has 1 saturated heterocycles. The van der Waals surface area contributed by atoms with Crippen molar-refractivity contribution in [2.45, 2.75) is 100 Å². The van der Waals surface area contributed by atoms with Crippen LogP contribution in [0.3, 0.4) is 0 Å². The average molecular weight is 811 g/mol. The van der Waals surface area contributed by atoms with Crippen LogP contribution in [0.5, 0.6) is 0 Å². The van der Waals surface area contributed by atoms with Gasteiger partial charge in [0.1, 0.15) is 5.60 Å². The number of unbranched alkanes of at least 4 members (excludes halogenated alkanes) is 1. The Kier molecular flexibility index (Phi) is 26.9. The number of piperazine rings is 1. The van der Waals surface area contributed by atoms with E-state index in [1.165, 1.54) is 5.56 Å². The molecule has 0 aliphatic carbocycles. The largest absolute Gasteiger partial charge is 2.00 e. The molecular weight excluding hydrogens is 758 g/mol. The molecular formula is C32H52F4N2O2U. The number of amides is 1. The van der Waals surface area contributed by atoms with Gasteiger partial charge >= 0.3 is 37.2 Å². The molecule has 0 spiro atoms. The first-order valence-corrected chi connectivity index (χ1v) is 14.1. The number of alkyl halides is 2. The number of rotatable bonds is 8. The van der Waals surface area contributed by atoms with Gasteiger partial charge in [-0.1, -0.05) is 59.6 Å². The van der Waals surface area contributed by atoms with Gasteiger partial charge in [0.25, 0.3) is 0 Å². The van der Waals surface area contributed by atoms with Crippen LogP contribution in [0.15, 0.2) is 48.2 Å². The van der Waals surface area contributed by atoms with Crippen LogP contribution >= 0.6 is 0 Å². The number of carbonyl (C=O) groups is 1. The number of ether oxygens (including phenoxy) is 1. The van der Waals surface area contributed by atoms with E-state index in [1.807, 2.05) is 71.9 Å². The zero-order chi connectivity index (χ0) is 31.3. The maximum absolute atomic E-state index is 13.0. The smallest absolute Gasteiger partial charge is 0.444 e. The summed E-state index contributed by atoms with van der Waals surface area (Å²) < 4.78 is 51.9. The van der Waals surface area contributed by atoms with Gasteiger partial charge in [-0.2, -0.15) is 35.9 Å². The van der Waals surface area contributed by atoms with Crippen molar-refractivity contribution in [3.8, 4) is 0 Å². The fourth-order valence-electron chi connectivity index (χ4n) is 3.55. The average Bonchev–Trinajstić information content (AvgIpc) is 2.87. The minimum atomic E-state index is -2.35. The number of nitrogens with zero attached hydrogens (tertiary/aromatic N) is 2. The summed E-state index contributed by atoms with van der Waals surface area (Å²) in [6.45, 7) is 22.9. The van der Waals surface area contributed by atoms with Gasteiger partial charge < -0.3 is 23.3 Å². The number of carbonyl (C=O) groups excluding carboxylic acids is 1. The predicted molar refractivity (Wildman–Crippen MR) is 158 cm³/mol. The van der Waals surface area contributed by atoms with Crippen molar-refractivity contribution in [1.82, 2.24) is 9.80 Å². The molecule has 1 unspecified atom stereocenters. The van der Waals surface area contributed by atoms with Gasteiger partial charge in [0.15, 0.2) is 0 Å². The molecule has 0 saturated carbocycles. The van der Waals surface area contributed by atoms with E-state index in [9.17, 15) is 22.4 Å². The van der Waals surface area contributed by atoms with E-state index >= 15 is 0 Å². The van der Waals surface area contributed by atoms with Crippen molar-refractivity contribution in [2.24, 2.45) is 5.92 Å². The Bertz CT molecular complexity index is 820. The Hall–Kier alpha value is -1.46. The van der Waals surface area contributed by atoms with E-state index in [0.717, 1.165) is 37.5 Å². The van der Waals surface area contributed by atoms with Gasteiger partial charge in [0, 0.05) is 38.3 Å². The monoisotopic (exact) mass is 810 g/mol. The second-order valence-electron chi connectivity index (χ2n) is 10.3. The molecule has 1 fully saturated rings. The van der Waals surface area contributed by atoms with Crippen molar-refractivity contribution in [3.63, 3.8) is 0 Å². The third-order valence-corrected chi connectivity index (χ3v) is 5.59. The molecule has 234 valence electrons. The standard InChI is InChI=1S/C21H36F2N2O2.C7H7.C2H3F2.C2H6.U/c1-7-8-9-16(2)18(15-19(22)23)14-17(3)24-10-12-25(13-11-24)20(26)27-21(4,5)6;1-7-5-3-2-4-6-7;1-2(3)4;1-2;/h14,16,19H,3,7-13,15H2,1-2,4-6H3;3-6H,1H3;1H3;1-2H3;/q;2*-1;;+2/b18-14-;;;;. The Labute approximate surface area is 271 Å². The second-order valence-corrected chi connectivity index (χ2v) is 10.3. The number of halogens is 4. The molecule has 1 aliphatic heterocycles. The number of allylic oxidation sites excluding steroid dienone is 2. The fourth-order valence-corrected chi connectivity index (χ4v) is 3.55. The summed E-state index contributed by atoms with van der Waals surface area (Å²) in [5, 5.41) is 0. The van der Waals surface area contributed by atoms with Crippen molar-refractivity contribution >= 4 is 6.09 Å². The van der Waals surface area contributed by atoms with Crippen LogP contribution in [0.1, 0.15) is 86.6 Å². The van der Waals surface area contributed by atoms with Crippen LogP contribution in [0.25, 0.3) is 0 Å². The summed E-state index contributed by atoms with van der Waals surface area (Å²) in [6, 6.07) is 10.8. The summed E-state index contributed by atoms with van der Waals surface area (Å²) in [5.74, 6) is 0.124. The van der Waals surface area contributed by atoms with Gasteiger partial charge in [0.2, 0.25) is 6.43 Å². The molecule has 1 aliphatic rings. The van der Waals surface area contributed by atoms with Crippen LogP contribution in [0.4, 0.5) is 22.4 Å². The van der Waals surface area contributed by atoms with E-state index < -0.39 is 18.5 Å². The van der Waals surface area contributed by atoms with Gasteiger partial charge in [-0.3, -0.25) is 0 Å². The first-order valence-electron chi connectivity index (χ1n) is 14.1. The molecule has 1 heterocycles. The molecule has 0 radical (unpaired) electrons. The number of hydrogen-bond donors (Lipinski definition) is 0. The summed E-state index contributed by atoms with van der Waals surface area (Å²) in [7, 11) is 0. The predicted octanol–water partition coefficient (Wildman–Crippen LogP) is 9.72. The molecule has 2 rings (SSSR count). The van der Waals surface area contributed by atoms with Crippen molar-refractivity contribution in [1.29, 1.82) is 0 Å². The normalized spacial score (nSPS) is 13.9. The second kappa shape index (κ2) is 25.1. The van der Waals surface area contributed by atoms with Gasteiger partial charge in [-0.15, -0.1) is 6.92 Å². The first-order chi connectivity index (χ1) is 18.7. The SMILES string of the molecule is C=C(/C=C(/CC(F)F)C(C)CCCC)N1CCN(C(=O)OC(C)(C)C)CC1.CC.C[C-](F)F.Cc1cc[c-]cc1.[U+2]. The van der Waals surface area contributed by atoms with Gasteiger partial charge in [-0.05, 0) is 45.6 Å². The minimum Gasteiger partial charge on any atom is -0.444 e. The van der Waals surface area contributed by atoms with Gasteiger partial charge in [-0.25, -0.2) is 13.6 Å². The van der Waals surface area contributed by atoms with Crippen molar-refractivity contribution in [3.05, 3.63) is 66.2 Å². The molecule has 4 nitrogen and oxygen atoms in total. The maximum atomic E-state index is 13.0. The zero-order valence-corrected chi connectivity index (χ0v) is 30.8. The summed E-state index contributed by atoms with van der Waals surface area (Å²) in [6.07, 6.45) is 0.376. The third-order valence-electron chi connectivity index (χ3n) is 5.59. The van der Waals surface area contributed by atoms with E-state index in [2.05, 4.69) is 31.4 Å². The van der Waals surface area contributed by atoms with E-state index in [-0.39, 0.29) is 49.5 Å². The van der Waals surface area contributed by atoms with Crippen molar-refractivity contribution < 1.29 is 58.2 Å². The molecule has 1 aromatic rings.